The minimum atomic E-state index is -0.666. The van der Waals surface area contributed by atoms with Gasteiger partial charge in [-0.3, -0.25) is 14.6 Å². The summed E-state index contributed by atoms with van der Waals surface area (Å²) in [5, 5.41) is 0.431. The lowest BCUT2D eigenvalue weighted by molar-refractivity contribution is 0.0599. The quantitative estimate of drug-likeness (QED) is 0.445. The molecular weight excluding hydrogens is 420 g/mol. The summed E-state index contributed by atoms with van der Waals surface area (Å²) in [6.07, 6.45) is 3.34. The number of pyridine rings is 1. The number of hydrogen-bond donors (Lipinski definition) is 0. The van der Waals surface area contributed by atoms with Gasteiger partial charge in [-0.2, -0.15) is 0 Å². The molecule has 2 aromatic heterocycles. The first kappa shape index (κ1) is 20.6. The highest BCUT2D eigenvalue weighted by Gasteiger charge is 2.42. The fourth-order valence-electron chi connectivity index (χ4n) is 4.25. The largest absolute Gasteiger partial charge is 0.465 e. The first-order valence-electron chi connectivity index (χ1n) is 10.4. The molecule has 1 atom stereocenters. The SMILES string of the molecule is COC(=O)c1ccc([C@H]2c3c(oc4ccc(C)cc4c3=O)C(=O)N2Cc2cccnc2)cc1. The van der Waals surface area contributed by atoms with Crippen molar-refractivity contribution < 1.29 is 18.7 Å². The normalized spacial score (nSPS) is 15.0. The van der Waals surface area contributed by atoms with Crippen molar-refractivity contribution in [3.63, 3.8) is 0 Å². The molecule has 7 heteroatoms. The fourth-order valence-corrected chi connectivity index (χ4v) is 4.25. The molecule has 33 heavy (non-hydrogen) atoms. The number of aromatic nitrogens is 1. The molecule has 0 N–H and O–H groups in total. The van der Waals surface area contributed by atoms with Gasteiger partial charge in [0.2, 0.25) is 5.76 Å². The van der Waals surface area contributed by atoms with E-state index in [-0.39, 0.29) is 23.6 Å². The van der Waals surface area contributed by atoms with Crippen molar-refractivity contribution in [3.05, 3.63) is 111 Å². The number of carbonyl (C=O) groups is 2. The summed E-state index contributed by atoms with van der Waals surface area (Å²) in [6.45, 7) is 2.14. The Kier molecular flexibility index (Phi) is 5.01. The first-order chi connectivity index (χ1) is 16.0. The molecule has 0 fully saturated rings. The Hall–Kier alpha value is -4.26. The van der Waals surface area contributed by atoms with Crippen molar-refractivity contribution in [2.45, 2.75) is 19.5 Å². The second-order valence-corrected chi connectivity index (χ2v) is 7.98. The summed E-state index contributed by atoms with van der Waals surface area (Å²) >= 11 is 0. The van der Waals surface area contributed by atoms with Crippen LogP contribution in [-0.4, -0.2) is 28.9 Å². The lowest BCUT2D eigenvalue weighted by Gasteiger charge is -2.25. The number of methoxy groups -OCH3 is 1. The predicted octanol–water partition coefficient (Wildman–Crippen LogP) is 4.03. The number of carbonyl (C=O) groups excluding carboxylic acids is 2. The fraction of sp³-hybridized carbons (Fsp3) is 0.154. The van der Waals surface area contributed by atoms with Crippen molar-refractivity contribution in [1.29, 1.82) is 0 Å². The molecule has 0 aliphatic carbocycles. The zero-order chi connectivity index (χ0) is 23.1. The summed E-state index contributed by atoms with van der Waals surface area (Å²) < 4.78 is 10.7. The average Bonchev–Trinajstić information content (AvgIpc) is 3.11. The number of nitrogens with zero attached hydrogens (tertiary/aromatic N) is 2. The van der Waals surface area contributed by atoms with E-state index in [1.807, 2.05) is 19.1 Å². The zero-order valence-corrected chi connectivity index (χ0v) is 18.1. The van der Waals surface area contributed by atoms with E-state index in [9.17, 15) is 14.4 Å². The number of fused-ring (bicyclic) bond motifs is 2. The molecule has 0 bridgehead atoms. The topological polar surface area (TPSA) is 89.7 Å². The van der Waals surface area contributed by atoms with Crippen molar-refractivity contribution in [2.24, 2.45) is 0 Å². The van der Waals surface area contributed by atoms with Crippen molar-refractivity contribution in [2.75, 3.05) is 7.11 Å². The van der Waals surface area contributed by atoms with Crippen LogP contribution in [0.5, 0.6) is 0 Å². The average molecular weight is 440 g/mol. The molecule has 3 heterocycles. The van der Waals surface area contributed by atoms with Crippen LogP contribution in [0, 0.1) is 6.92 Å². The van der Waals surface area contributed by atoms with Gasteiger partial charge >= 0.3 is 5.97 Å². The maximum Gasteiger partial charge on any atom is 0.337 e. The molecule has 0 unspecified atom stereocenters. The minimum Gasteiger partial charge on any atom is -0.465 e. The molecule has 1 aliphatic heterocycles. The Morgan fingerprint density at radius 1 is 1.12 bits per heavy atom. The Morgan fingerprint density at radius 3 is 2.61 bits per heavy atom. The predicted molar refractivity (Wildman–Crippen MR) is 121 cm³/mol. The van der Waals surface area contributed by atoms with Crippen LogP contribution < -0.4 is 5.43 Å². The van der Waals surface area contributed by atoms with Crippen LogP contribution in [0.1, 0.15) is 49.2 Å². The Labute approximate surface area is 189 Å². The number of benzene rings is 2. The number of rotatable bonds is 4. The number of aryl methyl sites for hydroxylation is 1. The van der Waals surface area contributed by atoms with E-state index < -0.39 is 12.0 Å². The van der Waals surface area contributed by atoms with E-state index in [0.717, 1.165) is 11.1 Å². The van der Waals surface area contributed by atoms with Crippen LogP contribution in [0.3, 0.4) is 0 Å². The molecular formula is C26H20N2O5. The van der Waals surface area contributed by atoms with E-state index in [1.165, 1.54) is 7.11 Å². The second kappa shape index (κ2) is 8.02. The van der Waals surface area contributed by atoms with E-state index in [2.05, 4.69) is 4.98 Å². The van der Waals surface area contributed by atoms with Crippen molar-refractivity contribution >= 4 is 22.8 Å². The van der Waals surface area contributed by atoms with Crippen LogP contribution in [0.25, 0.3) is 11.0 Å². The lowest BCUT2D eigenvalue weighted by Crippen LogP contribution is -2.29. The highest BCUT2D eigenvalue weighted by Crippen LogP contribution is 2.39. The minimum absolute atomic E-state index is 0.0438. The summed E-state index contributed by atoms with van der Waals surface area (Å²) in [7, 11) is 1.32. The second-order valence-electron chi connectivity index (χ2n) is 7.98. The number of esters is 1. The molecule has 0 saturated heterocycles. The summed E-state index contributed by atoms with van der Waals surface area (Å²) in [5.41, 5.74) is 3.25. The van der Waals surface area contributed by atoms with Gasteiger partial charge in [0.25, 0.3) is 5.91 Å². The van der Waals surface area contributed by atoms with Crippen LogP contribution in [0.2, 0.25) is 0 Å². The Balaban J connectivity index is 1.70. The summed E-state index contributed by atoms with van der Waals surface area (Å²) in [5.74, 6) is -0.782. The third-order valence-electron chi connectivity index (χ3n) is 5.84. The third kappa shape index (κ3) is 3.47. The number of hydrogen-bond acceptors (Lipinski definition) is 6. The molecule has 4 aromatic rings. The lowest BCUT2D eigenvalue weighted by atomic mass is 9.97. The standard InChI is InChI=1S/C26H20N2O5/c1-15-5-10-20-19(12-15)23(29)21-22(17-6-8-18(9-7-17)26(31)32-2)28(25(30)24(21)33-20)14-16-4-3-11-27-13-16/h3-13,22H,14H2,1-2H3/t22-/m0/s1. The molecule has 0 saturated carbocycles. The maximum absolute atomic E-state index is 13.6. The van der Waals surface area contributed by atoms with Gasteiger partial charge in [-0.15, -0.1) is 0 Å². The molecule has 1 aliphatic rings. The van der Waals surface area contributed by atoms with Gasteiger partial charge < -0.3 is 14.1 Å². The van der Waals surface area contributed by atoms with E-state index in [1.54, 1.807) is 59.8 Å². The van der Waals surface area contributed by atoms with E-state index in [4.69, 9.17) is 9.15 Å². The van der Waals surface area contributed by atoms with Gasteiger partial charge in [0.15, 0.2) is 5.43 Å². The van der Waals surface area contributed by atoms with Crippen LogP contribution in [-0.2, 0) is 11.3 Å². The molecule has 0 radical (unpaired) electrons. The highest BCUT2D eigenvalue weighted by molar-refractivity contribution is 5.99. The summed E-state index contributed by atoms with van der Waals surface area (Å²) in [4.78, 5) is 44.7. The van der Waals surface area contributed by atoms with Gasteiger partial charge in [0, 0.05) is 18.9 Å². The number of amides is 1. The number of ether oxygens (including phenoxy) is 1. The molecule has 2 aromatic carbocycles. The van der Waals surface area contributed by atoms with Gasteiger partial charge in [-0.25, -0.2) is 4.79 Å². The van der Waals surface area contributed by atoms with E-state index in [0.29, 0.717) is 27.7 Å². The van der Waals surface area contributed by atoms with Crippen molar-refractivity contribution in [1.82, 2.24) is 9.88 Å². The monoisotopic (exact) mass is 440 g/mol. The molecule has 5 rings (SSSR count). The Morgan fingerprint density at radius 2 is 1.91 bits per heavy atom. The Bertz CT molecular complexity index is 1440. The van der Waals surface area contributed by atoms with Gasteiger partial charge in [0.1, 0.15) is 5.58 Å². The highest BCUT2D eigenvalue weighted by atomic mass is 16.5. The van der Waals surface area contributed by atoms with Crippen molar-refractivity contribution in [3.8, 4) is 0 Å². The van der Waals surface area contributed by atoms with Crippen LogP contribution >= 0.6 is 0 Å². The summed E-state index contributed by atoms with van der Waals surface area (Å²) in [6, 6.07) is 15.0. The molecule has 164 valence electrons. The van der Waals surface area contributed by atoms with Gasteiger partial charge in [-0.1, -0.05) is 29.8 Å². The maximum atomic E-state index is 13.6. The third-order valence-corrected chi connectivity index (χ3v) is 5.84. The smallest absolute Gasteiger partial charge is 0.337 e. The van der Waals surface area contributed by atoms with Crippen LogP contribution in [0.15, 0.2) is 76.2 Å². The molecule has 7 nitrogen and oxygen atoms in total. The van der Waals surface area contributed by atoms with E-state index >= 15 is 0 Å². The zero-order valence-electron chi connectivity index (χ0n) is 18.1. The van der Waals surface area contributed by atoms with Gasteiger partial charge in [0.05, 0.1) is 29.7 Å². The molecule has 1 amide bonds. The van der Waals surface area contributed by atoms with Gasteiger partial charge in [-0.05, 0) is 48.4 Å². The molecule has 0 spiro atoms. The first-order valence-corrected chi connectivity index (χ1v) is 10.4. The van der Waals surface area contributed by atoms with Crippen LogP contribution in [0.4, 0.5) is 0 Å².